The van der Waals surface area contributed by atoms with Crippen LogP contribution in [-0.4, -0.2) is 43.7 Å². The van der Waals surface area contributed by atoms with Crippen molar-refractivity contribution in [3.63, 3.8) is 0 Å². The van der Waals surface area contributed by atoms with Crippen molar-refractivity contribution in [2.45, 2.75) is 13.8 Å². The van der Waals surface area contributed by atoms with Crippen LogP contribution in [0.3, 0.4) is 0 Å². The zero-order valence-corrected chi connectivity index (χ0v) is 19.5. The van der Waals surface area contributed by atoms with Gasteiger partial charge in [0.2, 0.25) is 0 Å². The minimum absolute atomic E-state index is 0. The van der Waals surface area contributed by atoms with Gasteiger partial charge in [0.15, 0.2) is 0 Å². The summed E-state index contributed by atoms with van der Waals surface area (Å²) in [5.41, 5.74) is 1.25. The van der Waals surface area contributed by atoms with Gasteiger partial charge in [-0.1, -0.05) is 23.4 Å². The first-order valence-corrected chi connectivity index (χ1v) is 9.07. The first kappa shape index (κ1) is 25.4. The molecule has 0 aliphatic carbocycles. The third-order valence-corrected chi connectivity index (χ3v) is 3.61. The number of aliphatic carboxylic acids is 1. The van der Waals surface area contributed by atoms with E-state index in [4.69, 9.17) is 9.47 Å². The van der Waals surface area contributed by atoms with E-state index in [1.54, 1.807) is 36.4 Å². The van der Waals surface area contributed by atoms with Crippen molar-refractivity contribution in [3.05, 3.63) is 48.0 Å². The van der Waals surface area contributed by atoms with Gasteiger partial charge in [0.25, 0.3) is 5.91 Å². The number of carbonyl (C=O) groups is 2. The van der Waals surface area contributed by atoms with Crippen molar-refractivity contribution in [1.82, 2.24) is 5.01 Å². The Labute approximate surface area is 197 Å². The molecule has 9 nitrogen and oxygen atoms in total. The number of benzene rings is 2. The van der Waals surface area contributed by atoms with E-state index in [1.165, 1.54) is 7.05 Å². The van der Waals surface area contributed by atoms with E-state index in [2.05, 4.69) is 15.7 Å². The molecule has 0 unspecified atom stereocenters. The van der Waals surface area contributed by atoms with Gasteiger partial charge >= 0.3 is 29.6 Å². The van der Waals surface area contributed by atoms with Crippen LogP contribution in [0.25, 0.3) is 0 Å². The Bertz CT molecular complexity index is 877. The van der Waals surface area contributed by atoms with Crippen LogP contribution in [0.1, 0.15) is 24.2 Å². The third-order valence-electron chi connectivity index (χ3n) is 3.61. The quantitative estimate of drug-likeness (QED) is 0.311. The number of hydrogen-bond donors (Lipinski definition) is 1. The van der Waals surface area contributed by atoms with Crippen LogP contribution in [0.2, 0.25) is 0 Å². The summed E-state index contributed by atoms with van der Waals surface area (Å²) in [6.07, 6.45) is 0. The fraction of sp³-hybridized carbons (Fsp3) is 0.300. The van der Waals surface area contributed by atoms with E-state index in [0.29, 0.717) is 41.7 Å². The maximum atomic E-state index is 12.5. The fourth-order valence-corrected chi connectivity index (χ4v) is 2.40. The van der Waals surface area contributed by atoms with Gasteiger partial charge in [-0.2, -0.15) is 0 Å². The standard InChI is InChI=1S/C20H24N4O5.Na/c1-4-28-17-12-16(22-23-24(3)13-19(25)26)18(29-5-2)11-15(17)21-20(27)14-9-7-6-8-10-14;/h6-12H,4-5,13H2,1-3H3,(H,21,27)(H,25,26);/q;+1/p-1. The van der Waals surface area contributed by atoms with E-state index in [1.807, 2.05) is 19.9 Å². The van der Waals surface area contributed by atoms with Crippen molar-refractivity contribution in [2.24, 2.45) is 10.3 Å². The number of hydrogen-bond acceptors (Lipinski definition) is 7. The van der Waals surface area contributed by atoms with Crippen LogP contribution in [0.15, 0.2) is 52.8 Å². The minimum Gasteiger partial charge on any atom is -0.548 e. The number of anilines is 1. The molecule has 30 heavy (non-hydrogen) atoms. The molecule has 1 amide bonds. The summed E-state index contributed by atoms with van der Waals surface area (Å²) in [6, 6.07) is 12.0. The fourth-order valence-electron chi connectivity index (χ4n) is 2.40. The van der Waals surface area contributed by atoms with Crippen molar-refractivity contribution < 1.29 is 53.7 Å². The number of carboxylic acid groups (broad SMARTS) is 1. The van der Waals surface area contributed by atoms with Gasteiger partial charge in [-0.05, 0) is 26.0 Å². The number of nitrogens with zero attached hydrogens (tertiary/aromatic N) is 3. The molecule has 0 bridgehead atoms. The molecule has 10 heteroatoms. The maximum absolute atomic E-state index is 12.5. The third kappa shape index (κ3) is 7.66. The van der Waals surface area contributed by atoms with Crippen LogP contribution < -0.4 is 49.5 Å². The van der Waals surface area contributed by atoms with Crippen LogP contribution >= 0.6 is 0 Å². The van der Waals surface area contributed by atoms with Gasteiger partial charge in [-0.3, -0.25) is 9.80 Å². The Morgan fingerprint density at radius 3 is 2.30 bits per heavy atom. The summed E-state index contributed by atoms with van der Waals surface area (Å²) in [4.78, 5) is 23.2. The molecule has 0 saturated heterocycles. The molecule has 0 aliphatic heterocycles. The monoisotopic (exact) mass is 422 g/mol. The molecule has 1 N–H and O–H groups in total. The first-order valence-electron chi connectivity index (χ1n) is 9.07. The number of carbonyl (C=O) groups excluding carboxylic acids is 2. The van der Waals surface area contributed by atoms with Crippen molar-refractivity contribution in [3.8, 4) is 11.5 Å². The molecular formula is C20H23N4NaO5. The smallest absolute Gasteiger partial charge is 0.548 e. The number of rotatable bonds is 10. The van der Waals surface area contributed by atoms with Crippen molar-refractivity contribution in [1.29, 1.82) is 0 Å². The molecule has 2 rings (SSSR count). The second kappa shape index (κ2) is 12.8. The first-order chi connectivity index (χ1) is 13.9. The Morgan fingerprint density at radius 2 is 1.70 bits per heavy atom. The number of ether oxygens (including phenoxy) is 2. The van der Waals surface area contributed by atoms with Crippen LogP contribution in [0.4, 0.5) is 11.4 Å². The van der Waals surface area contributed by atoms with Crippen LogP contribution in [0.5, 0.6) is 11.5 Å². The SMILES string of the molecule is CCOc1cc(NC(=O)c2ccccc2)c(OCC)cc1N=NN(C)CC(=O)[O-].[Na+]. The second-order valence-electron chi connectivity index (χ2n) is 5.88. The van der Waals surface area contributed by atoms with E-state index in [9.17, 15) is 14.7 Å². The average molecular weight is 422 g/mol. The zero-order chi connectivity index (χ0) is 21.2. The zero-order valence-electron chi connectivity index (χ0n) is 17.5. The Balaban J connectivity index is 0.00000450. The summed E-state index contributed by atoms with van der Waals surface area (Å²) in [5.74, 6) is -0.816. The Morgan fingerprint density at radius 1 is 1.07 bits per heavy atom. The molecular weight excluding hydrogens is 399 g/mol. The predicted molar refractivity (Wildman–Crippen MR) is 105 cm³/mol. The summed E-state index contributed by atoms with van der Waals surface area (Å²) in [7, 11) is 1.46. The largest absolute Gasteiger partial charge is 1.00 e. The van der Waals surface area contributed by atoms with E-state index >= 15 is 0 Å². The van der Waals surface area contributed by atoms with Crippen LogP contribution in [-0.2, 0) is 4.79 Å². The van der Waals surface area contributed by atoms with E-state index in [-0.39, 0.29) is 35.5 Å². The molecule has 0 fully saturated rings. The average Bonchev–Trinajstić information content (AvgIpc) is 2.69. The second-order valence-corrected chi connectivity index (χ2v) is 5.88. The molecule has 2 aromatic carbocycles. The van der Waals surface area contributed by atoms with Gasteiger partial charge in [0.05, 0.1) is 31.4 Å². The molecule has 2 aromatic rings. The maximum Gasteiger partial charge on any atom is 1.00 e. The normalized spacial score (nSPS) is 10.2. The number of nitrogens with one attached hydrogen (secondary N) is 1. The molecule has 0 radical (unpaired) electrons. The van der Waals surface area contributed by atoms with Crippen molar-refractivity contribution in [2.75, 3.05) is 32.1 Å². The van der Waals surface area contributed by atoms with Gasteiger partial charge < -0.3 is 24.7 Å². The van der Waals surface area contributed by atoms with Gasteiger partial charge in [-0.25, -0.2) is 0 Å². The number of amides is 1. The molecule has 0 aromatic heterocycles. The molecule has 0 spiro atoms. The predicted octanol–water partition coefficient (Wildman–Crippen LogP) is -0.579. The molecule has 0 heterocycles. The molecule has 154 valence electrons. The molecule has 0 atom stereocenters. The van der Waals surface area contributed by atoms with Crippen LogP contribution in [0, 0.1) is 0 Å². The summed E-state index contributed by atoms with van der Waals surface area (Å²) < 4.78 is 11.2. The van der Waals surface area contributed by atoms with Gasteiger partial charge in [0, 0.05) is 24.7 Å². The number of likely N-dealkylation sites (N-methyl/N-ethyl adjacent to an activating group) is 1. The molecule has 0 aliphatic rings. The van der Waals surface area contributed by atoms with E-state index < -0.39 is 12.5 Å². The number of carboxylic acids is 1. The molecule has 0 saturated carbocycles. The summed E-state index contributed by atoms with van der Waals surface area (Å²) in [6.45, 7) is 3.94. The van der Waals surface area contributed by atoms with E-state index in [0.717, 1.165) is 5.01 Å². The van der Waals surface area contributed by atoms with Crippen molar-refractivity contribution >= 4 is 23.3 Å². The summed E-state index contributed by atoms with van der Waals surface area (Å²) in [5, 5.41) is 22.5. The minimum atomic E-state index is -1.27. The summed E-state index contributed by atoms with van der Waals surface area (Å²) >= 11 is 0. The Hall–Kier alpha value is -2.62. The topological polar surface area (TPSA) is 116 Å². The Kier molecular flexibility index (Phi) is 10.9. The van der Waals surface area contributed by atoms with Gasteiger partial charge in [0.1, 0.15) is 17.2 Å². The van der Waals surface area contributed by atoms with Gasteiger partial charge in [-0.15, -0.1) is 5.11 Å².